The molecule has 14 nitrogen and oxygen atoms in total. The Kier molecular flexibility index (Phi) is 15.1. The van der Waals surface area contributed by atoms with Gasteiger partial charge in [0.1, 0.15) is 35.1 Å². The summed E-state index contributed by atoms with van der Waals surface area (Å²) in [6.07, 6.45) is -7.57. The van der Waals surface area contributed by atoms with Crippen LogP contribution in [0.2, 0.25) is 0 Å². The van der Waals surface area contributed by atoms with E-state index < -0.39 is 61.6 Å². The van der Waals surface area contributed by atoms with Crippen LogP contribution >= 0.6 is 8.53 Å². The Morgan fingerprint density at radius 1 is 0.949 bits per heavy atom. The summed E-state index contributed by atoms with van der Waals surface area (Å²) in [6, 6.07) is 26.2. The van der Waals surface area contributed by atoms with Gasteiger partial charge in [0, 0.05) is 24.7 Å². The molecule has 3 aromatic carbocycles. The number of anilines is 1. The molecule has 5 rings (SSSR count). The first-order valence-corrected chi connectivity index (χ1v) is 19.9. The summed E-state index contributed by atoms with van der Waals surface area (Å²) in [5.74, 6) is -1.17. The predicted octanol–water partition coefficient (Wildman–Crippen LogP) is 7.01. The Balaban J connectivity index is 1.62. The topological polar surface area (TPSA) is 166 Å². The number of halogens is 3. The smallest absolute Gasteiger partial charge is 0.471 e. The third-order valence-corrected chi connectivity index (χ3v) is 11.6. The van der Waals surface area contributed by atoms with Crippen LogP contribution in [-0.2, 0) is 28.9 Å². The van der Waals surface area contributed by atoms with Crippen molar-refractivity contribution in [2.75, 3.05) is 32.8 Å². The predicted molar refractivity (Wildman–Crippen MR) is 213 cm³/mol. The molecule has 2 heterocycles. The van der Waals surface area contributed by atoms with Crippen molar-refractivity contribution in [1.29, 1.82) is 5.26 Å². The van der Waals surface area contributed by atoms with Crippen molar-refractivity contribution in [1.82, 2.24) is 14.2 Å². The van der Waals surface area contributed by atoms with Crippen molar-refractivity contribution in [2.45, 2.75) is 82.8 Å². The lowest BCUT2D eigenvalue weighted by molar-refractivity contribution is -0.167. The highest BCUT2D eigenvalue weighted by molar-refractivity contribution is 7.44. The fourth-order valence-electron chi connectivity index (χ4n) is 6.81. The van der Waals surface area contributed by atoms with Crippen molar-refractivity contribution in [2.24, 2.45) is 0 Å². The molecule has 1 aliphatic heterocycles. The molecule has 2 N–H and O–H groups in total. The average molecular weight is 842 g/mol. The Hall–Kier alpha value is -5.08. The Morgan fingerprint density at radius 2 is 1.51 bits per heavy atom. The van der Waals surface area contributed by atoms with Crippen molar-refractivity contribution in [3.8, 4) is 17.6 Å². The minimum absolute atomic E-state index is 0.0595. The molecule has 0 aliphatic carbocycles. The van der Waals surface area contributed by atoms with Gasteiger partial charge in [-0.3, -0.25) is 19.1 Å². The van der Waals surface area contributed by atoms with E-state index in [9.17, 15) is 32.8 Å². The van der Waals surface area contributed by atoms with Crippen LogP contribution in [0, 0.1) is 11.3 Å². The lowest BCUT2D eigenvalue weighted by atomic mass is 9.80. The number of rotatable bonds is 18. The quantitative estimate of drug-likeness (QED) is 0.0601. The second-order valence-corrected chi connectivity index (χ2v) is 15.4. The van der Waals surface area contributed by atoms with Gasteiger partial charge in [-0.1, -0.05) is 54.6 Å². The molecule has 18 heteroatoms. The third-order valence-electron chi connectivity index (χ3n) is 9.49. The van der Waals surface area contributed by atoms with E-state index in [2.05, 4.69) is 6.07 Å². The molecule has 1 aromatic heterocycles. The molecule has 0 spiro atoms. The summed E-state index contributed by atoms with van der Waals surface area (Å²) >= 11 is 0. The van der Waals surface area contributed by atoms with E-state index >= 15 is 0 Å². The standard InChI is InChI=1S/C41H47F3N5O9P/c1-26(2)49(27(3)4)59(56-22-10-21-45)58-34-23-36(48-24-33(37(50)47-39(48)52)46-38(51)41(42,43)44)57-35(34)25-55-40(28-11-8-7-9-12-28,29-13-17-31(53-5)18-14-29)30-15-19-32(54-6)20-16-30/h7-9,11-20,24,26-27,34-36H,10,22-23,25H2,1-6H3,(H,46,51)(H,47,50,52)/t34-,35+,36+,59?/m0/s1. The molecule has 1 aliphatic rings. The van der Waals surface area contributed by atoms with Crippen LogP contribution in [0.5, 0.6) is 11.5 Å². The number of aromatic nitrogens is 2. The maximum Gasteiger partial charge on any atom is 0.471 e. The molecule has 1 unspecified atom stereocenters. The number of nitriles is 1. The van der Waals surface area contributed by atoms with E-state index in [4.69, 9.17) is 28.0 Å². The summed E-state index contributed by atoms with van der Waals surface area (Å²) in [7, 11) is 1.25. The number of benzene rings is 3. The van der Waals surface area contributed by atoms with Gasteiger partial charge < -0.3 is 33.3 Å². The van der Waals surface area contributed by atoms with E-state index in [-0.39, 0.29) is 38.1 Å². The van der Waals surface area contributed by atoms with E-state index in [1.54, 1.807) is 14.2 Å². The highest BCUT2D eigenvalue weighted by Crippen LogP contribution is 2.50. The molecule has 316 valence electrons. The van der Waals surface area contributed by atoms with Crippen LogP contribution in [0.4, 0.5) is 18.9 Å². The Labute approximate surface area is 340 Å². The van der Waals surface area contributed by atoms with E-state index in [1.807, 2.05) is 116 Å². The minimum Gasteiger partial charge on any atom is -0.497 e. The zero-order valence-corrected chi connectivity index (χ0v) is 34.3. The number of nitrogens with one attached hydrogen (secondary N) is 2. The molecule has 4 aromatic rings. The second kappa shape index (κ2) is 19.8. The average Bonchev–Trinajstić information content (AvgIpc) is 3.61. The normalized spacial score (nSPS) is 17.6. The molecule has 0 saturated carbocycles. The summed E-state index contributed by atoms with van der Waals surface area (Å²) < 4.78 is 80.0. The van der Waals surface area contributed by atoms with Crippen molar-refractivity contribution in [3.05, 3.63) is 123 Å². The van der Waals surface area contributed by atoms with Gasteiger partial charge in [-0.15, -0.1) is 0 Å². The first-order valence-electron chi connectivity index (χ1n) is 18.8. The molecule has 4 atom stereocenters. The van der Waals surface area contributed by atoms with Gasteiger partial charge in [0.15, 0.2) is 0 Å². The molecule has 1 fully saturated rings. The molecule has 1 saturated heterocycles. The minimum atomic E-state index is -5.31. The fourth-order valence-corrected chi connectivity index (χ4v) is 8.56. The molecular weight excluding hydrogens is 794 g/mol. The van der Waals surface area contributed by atoms with Gasteiger partial charge in [0.2, 0.25) is 0 Å². The number of nitrogens with zero attached hydrogens (tertiary/aromatic N) is 3. The van der Waals surface area contributed by atoms with Crippen LogP contribution in [0.15, 0.2) is 94.6 Å². The fraction of sp³-hybridized carbons (Fsp3) is 0.415. The van der Waals surface area contributed by atoms with E-state index in [0.29, 0.717) is 11.5 Å². The van der Waals surface area contributed by atoms with Gasteiger partial charge in [0.05, 0.1) is 46.0 Å². The van der Waals surface area contributed by atoms with Crippen molar-refractivity contribution in [3.63, 3.8) is 0 Å². The first-order chi connectivity index (χ1) is 28.1. The highest BCUT2D eigenvalue weighted by atomic mass is 31.2. The number of H-pyrrole nitrogens is 1. The highest BCUT2D eigenvalue weighted by Gasteiger charge is 2.45. The Morgan fingerprint density at radius 3 is 2.02 bits per heavy atom. The van der Waals surface area contributed by atoms with Gasteiger partial charge in [-0.05, 0) is 68.7 Å². The van der Waals surface area contributed by atoms with E-state index in [0.717, 1.165) is 27.5 Å². The number of hydrogen-bond acceptors (Lipinski definition) is 11. The number of carbonyl (C=O) groups is 1. The number of amides is 1. The zero-order chi connectivity index (χ0) is 42.9. The number of methoxy groups -OCH3 is 2. The summed E-state index contributed by atoms with van der Waals surface area (Å²) in [6.45, 7) is 7.74. The van der Waals surface area contributed by atoms with Crippen LogP contribution in [0.1, 0.15) is 63.5 Å². The first kappa shape index (κ1) is 45.0. The lowest BCUT2D eigenvalue weighted by Crippen LogP contribution is -2.39. The van der Waals surface area contributed by atoms with Crippen LogP contribution in [-0.4, -0.2) is 78.0 Å². The summed E-state index contributed by atoms with van der Waals surface area (Å²) in [5.41, 5.74) is -2.17. The second-order valence-electron chi connectivity index (χ2n) is 14.0. The number of alkyl halides is 3. The third kappa shape index (κ3) is 10.6. The molecule has 0 radical (unpaired) electrons. The van der Waals surface area contributed by atoms with Crippen LogP contribution < -0.4 is 26.0 Å². The Bertz CT molecular complexity index is 2110. The number of aromatic amines is 1. The molecular formula is C41H47F3N5O9P. The van der Waals surface area contributed by atoms with Gasteiger partial charge in [-0.2, -0.15) is 18.4 Å². The molecule has 0 bridgehead atoms. The van der Waals surface area contributed by atoms with Crippen molar-refractivity contribution >= 4 is 20.1 Å². The maximum atomic E-state index is 13.3. The maximum absolute atomic E-state index is 13.3. The lowest BCUT2D eigenvalue weighted by Gasteiger charge is -2.39. The molecule has 1 amide bonds. The largest absolute Gasteiger partial charge is 0.497 e. The zero-order valence-electron chi connectivity index (χ0n) is 33.4. The van der Waals surface area contributed by atoms with E-state index in [1.165, 1.54) is 5.32 Å². The monoisotopic (exact) mass is 841 g/mol. The van der Waals surface area contributed by atoms with Crippen molar-refractivity contribution < 1.29 is 46.0 Å². The summed E-state index contributed by atoms with van der Waals surface area (Å²) in [5, 5.41) is 10.8. The van der Waals surface area contributed by atoms with Gasteiger partial charge in [0.25, 0.3) is 14.1 Å². The van der Waals surface area contributed by atoms with Gasteiger partial charge in [-0.25, -0.2) is 9.46 Å². The van der Waals surface area contributed by atoms with Crippen LogP contribution in [0.3, 0.4) is 0 Å². The SMILES string of the molecule is COc1ccc(C(OC[C@H]2O[C@@H](n3cc(NC(=O)C(F)(F)F)c(=O)[nH]c3=O)C[C@@H]2OP(OCCC#N)N(C(C)C)C(C)C)(c2ccccc2)c2ccc(OC)cc2)cc1. The number of ether oxygens (including phenoxy) is 4. The number of carbonyl (C=O) groups excluding carboxylic acids is 1. The van der Waals surface area contributed by atoms with Crippen LogP contribution in [0.25, 0.3) is 0 Å². The van der Waals surface area contributed by atoms with Gasteiger partial charge >= 0.3 is 17.8 Å². The molecule has 59 heavy (non-hydrogen) atoms. The number of hydrogen-bond donors (Lipinski definition) is 2. The summed E-state index contributed by atoms with van der Waals surface area (Å²) in [4.78, 5) is 39.6.